The van der Waals surface area contributed by atoms with Crippen molar-refractivity contribution in [1.82, 2.24) is 4.98 Å². The van der Waals surface area contributed by atoms with E-state index in [0.717, 1.165) is 7.11 Å². The second-order valence-electron chi connectivity index (χ2n) is 3.07. The van der Waals surface area contributed by atoms with Gasteiger partial charge in [-0.3, -0.25) is 0 Å². The van der Waals surface area contributed by atoms with E-state index in [-0.39, 0.29) is 6.20 Å². The molecule has 100 valence electrons. The molecular formula is C9H6F5NO3. The molecule has 1 aromatic heterocycles. The van der Waals surface area contributed by atoms with Crippen molar-refractivity contribution in [3.05, 3.63) is 22.9 Å². The fourth-order valence-corrected chi connectivity index (χ4v) is 1.32. The molecule has 0 aromatic carbocycles. The topological polar surface area (TPSA) is 59.4 Å². The number of hydrogen-bond donors (Lipinski definition) is 1. The fourth-order valence-electron chi connectivity index (χ4n) is 1.32. The third-order valence-corrected chi connectivity index (χ3v) is 2.02. The molecule has 9 heteroatoms. The maximum atomic E-state index is 12.6. The van der Waals surface area contributed by atoms with Crippen LogP contribution >= 0.6 is 0 Å². The minimum Gasteiger partial charge on any atom is -0.480 e. The van der Waals surface area contributed by atoms with Crippen LogP contribution in [0.1, 0.15) is 27.9 Å². The number of hydrogen-bond acceptors (Lipinski definition) is 3. The standard InChI is InChI=1S/C9H6F5NO3/c1-18-7-5(8(16)17)4(6(10)11)3(2-15-7)9(12,13)14/h2,6H,1H3,(H,16,17). The summed E-state index contributed by atoms with van der Waals surface area (Å²) in [6.45, 7) is 0. The van der Waals surface area contributed by atoms with E-state index in [4.69, 9.17) is 5.11 Å². The Balaban J connectivity index is 3.68. The molecule has 4 nitrogen and oxygen atoms in total. The smallest absolute Gasteiger partial charge is 0.418 e. The van der Waals surface area contributed by atoms with Gasteiger partial charge in [0.25, 0.3) is 6.43 Å². The predicted molar refractivity (Wildman–Crippen MR) is 47.7 cm³/mol. The number of rotatable bonds is 3. The molecule has 0 saturated heterocycles. The average Bonchev–Trinajstić information content (AvgIpc) is 2.25. The molecule has 0 saturated carbocycles. The number of carbonyl (C=O) groups is 1. The summed E-state index contributed by atoms with van der Waals surface area (Å²) in [4.78, 5) is 13.8. The van der Waals surface area contributed by atoms with Gasteiger partial charge in [-0.15, -0.1) is 0 Å². The molecule has 0 amide bonds. The SMILES string of the molecule is COc1ncc(C(F)(F)F)c(C(F)F)c1C(=O)O. The minimum atomic E-state index is -5.13. The van der Waals surface area contributed by atoms with Crippen LogP contribution in [-0.4, -0.2) is 23.2 Å². The molecular weight excluding hydrogens is 265 g/mol. The highest BCUT2D eigenvalue weighted by molar-refractivity contribution is 5.92. The first-order valence-electron chi connectivity index (χ1n) is 4.35. The maximum Gasteiger partial charge on any atom is 0.418 e. The summed E-state index contributed by atoms with van der Waals surface area (Å²) in [5.41, 5.74) is -4.74. The van der Waals surface area contributed by atoms with E-state index in [1.165, 1.54) is 0 Å². The van der Waals surface area contributed by atoms with Gasteiger partial charge in [0.15, 0.2) is 0 Å². The number of pyridine rings is 1. The van der Waals surface area contributed by atoms with Crippen LogP contribution in [0.5, 0.6) is 5.88 Å². The van der Waals surface area contributed by atoms with Crippen LogP contribution in [0.4, 0.5) is 22.0 Å². The number of alkyl halides is 5. The maximum absolute atomic E-state index is 12.6. The molecule has 0 spiro atoms. The zero-order valence-corrected chi connectivity index (χ0v) is 8.76. The lowest BCUT2D eigenvalue weighted by Gasteiger charge is -2.15. The van der Waals surface area contributed by atoms with E-state index in [1.54, 1.807) is 0 Å². The molecule has 0 atom stereocenters. The zero-order valence-electron chi connectivity index (χ0n) is 8.76. The van der Waals surface area contributed by atoms with Crippen molar-refractivity contribution < 1.29 is 36.6 Å². The lowest BCUT2D eigenvalue weighted by atomic mass is 10.0. The van der Waals surface area contributed by atoms with Crippen molar-refractivity contribution in [1.29, 1.82) is 0 Å². The Morgan fingerprint density at radius 2 is 2.00 bits per heavy atom. The highest BCUT2D eigenvalue weighted by atomic mass is 19.4. The van der Waals surface area contributed by atoms with Crippen LogP contribution in [0.25, 0.3) is 0 Å². The third-order valence-electron chi connectivity index (χ3n) is 2.02. The van der Waals surface area contributed by atoms with Gasteiger partial charge in [0.1, 0.15) is 5.56 Å². The molecule has 1 N–H and O–H groups in total. The van der Waals surface area contributed by atoms with Crippen molar-refractivity contribution in [2.24, 2.45) is 0 Å². The van der Waals surface area contributed by atoms with E-state index in [2.05, 4.69) is 9.72 Å². The summed E-state index contributed by atoms with van der Waals surface area (Å²) < 4.78 is 67.1. The Labute approximate surface area is 97.0 Å². The lowest BCUT2D eigenvalue weighted by Crippen LogP contribution is -2.16. The van der Waals surface area contributed by atoms with Gasteiger partial charge in [0.05, 0.1) is 18.2 Å². The Morgan fingerprint density at radius 3 is 2.33 bits per heavy atom. The summed E-state index contributed by atoms with van der Waals surface area (Å²) in [7, 11) is 0.914. The van der Waals surface area contributed by atoms with Crippen LogP contribution in [0, 0.1) is 0 Å². The van der Waals surface area contributed by atoms with Gasteiger partial charge in [-0.05, 0) is 0 Å². The molecule has 1 rings (SSSR count). The number of nitrogens with zero attached hydrogens (tertiary/aromatic N) is 1. The van der Waals surface area contributed by atoms with Crippen LogP contribution in [0.15, 0.2) is 6.20 Å². The highest BCUT2D eigenvalue weighted by Crippen LogP contribution is 2.39. The fraction of sp³-hybridized carbons (Fsp3) is 0.333. The van der Waals surface area contributed by atoms with Crippen LogP contribution in [0.2, 0.25) is 0 Å². The summed E-state index contributed by atoms with van der Waals surface area (Å²) in [5.74, 6) is -2.77. The van der Waals surface area contributed by atoms with E-state index < -0.39 is 41.1 Å². The van der Waals surface area contributed by atoms with Crippen molar-refractivity contribution in [2.45, 2.75) is 12.6 Å². The molecule has 18 heavy (non-hydrogen) atoms. The van der Waals surface area contributed by atoms with Gasteiger partial charge >= 0.3 is 12.1 Å². The zero-order chi connectivity index (χ0) is 14.1. The quantitative estimate of drug-likeness (QED) is 0.859. The van der Waals surface area contributed by atoms with Gasteiger partial charge in [-0.25, -0.2) is 18.6 Å². The number of aromatic carboxylic acids is 1. The Bertz CT molecular complexity index is 472. The number of ether oxygens (including phenoxy) is 1. The first-order valence-corrected chi connectivity index (χ1v) is 4.35. The molecule has 0 unspecified atom stereocenters. The number of aromatic nitrogens is 1. The summed E-state index contributed by atoms with van der Waals surface area (Å²) in [6, 6.07) is 0. The lowest BCUT2D eigenvalue weighted by molar-refractivity contribution is -0.139. The summed E-state index contributed by atoms with van der Waals surface area (Å²) in [6.07, 6.45) is -8.63. The number of methoxy groups -OCH3 is 1. The first kappa shape index (κ1) is 14.1. The van der Waals surface area contributed by atoms with E-state index in [1.807, 2.05) is 0 Å². The molecule has 0 fully saturated rings. The monoisotopic (exact) mass is 271 g/mol. The highest BCUT2D eigenvalue weighted by Gasteiger charge is 2.40. The number of halogens is 5. The van der Waals surface area contributed by atoms with Gasteiger partial charge in [0, 0.05) is 6.20 Å². The van der Waals surface area contributed by atoms with E-state index in [9.17, 15) is 26.7 Å². The van der Waals surface area contributed by atoms with Gasteiger partial charge in [-0.2, -0.15) is 13.2 Å². The van der Waals surface area contributed by atoms with Crippen molar-refractivity contribution in [3.63, 3.8) is 0 Å². The van der Waals surface area contributed by atoms with Crippen LogP contribution in [0.3, 0.4) is 0 Å². The third kappa shape index (κ3) is 2.49. The molecule has 0 aliphatic heterocycles. The Kier molecular flexibility index (Phi) is 3.73. The summed E-state index contributed by atoms with van der Waals surface area (Å²) in [5, 5.41) is 8.70. The van der Waals surface area contributed by atoms with Gasteiger partial charge in [-0.1, -0.05) is 0 Å². The Hall–Kier alpha value is -1.93. The van der Waals surface area contributed by atoms with Crippen molar-refractivity contribution in [3.8, 4) is 5.88 Å². The minimum absolute atomic E-state index is 0.118. The average molecular weight is 271 g/mol. The molecule has 1 heterocycles. The molecule has 0 aliphatic rings. The largest absolute Gasteiger partial charge is 0.480 e. The Morgan fingerprint density at radius 1 is 1.44 bits per heavy atom. The van der Waals surface area contributed by atoms with Crippen molar-refractivity contribution in [2.75, 3.05) is 7.11 Å². The molecule has 0 radical (unpaired) electrons. The molecule has 0 aliphatic carbocycles. The second kappa shape index (κ2) is 4.75. The van der Waals surface area contributed by atoms with Crippen LogP contribution < -0.4 is 4.74 Å². The van der Waals surface area contributed by atoms with E-state index >= 15 is 0 Å². The molecule has 0 bridgehead atoms. The second-order valence-corrected chi connectivity index (χ2v) is 3.07. The number of carboxylic acids is 1. The van der Waals surface area contributed by atoms with Gasteiger partial charge in [0.2, 0.25) is 5.88 Å². The predicted octanol–water partition coefficient (Wildman–Crippen LogP) is 2.74. The first-order chi connectivity index (χ1) is 8.20. The van der Waals surface area contributed by atoms with Gasteiger partial charge < -0.3 is 9.84 Å². The normalized spacial score (nSPS) is 11.7. The number of carboxylic acid groups (broad SMARTS) is 1. The summed E-state index contributed by atoms with van der Waals surface area (Å²) >= 11 is 0. The van der Waals surface area contributed by atoms with Crippen molar-refractivity contribution >= 4 is 5.97 Å². The molecule has 1 aromatic rings. The van der Waals surface area contributed by atoms with E-state index in [0.29, 0.717) is 0 Å². The van der Waals surface area contributed by atoms with Crippen LogP contribution in [-0.2, 0) is 6.18 Å².